The van der Waals surface area contributed by atoms with E-state index in [0.29, 0.717) is 29.8 Å². The van der Waals surface area contributed by atoms with Gasteiger partial charge in [0.2, 0.25) is 5.91 Å². The van der Waals surface area contributed by atoms with Gasteiger partial charge in [-0.25, -0.2) is 0 Å². The van der Waals surface area contributed by atoms with E-state index in [9.17, 15) is 4.79 Å². The highest BCUT2D eigenvalue weighted by Gasteiger charge is 2.26. The molecule has 1 atom stereocenters. The van der Waals surface area contributed by atoms with Crippen LogP contribution >= 0.6 is 0 Å². The molecule has 132 valence electrons. The number of likely N-dealkylation sites (N-methyl/N-ethyl adjacent to an activating group) is 1. The number of rotatable bonds is 6. The molecule has 1 N–H and O–H groups in total. The lowest BCUT2D eigenvalue weighted by atomic mass is 10.1. The van der Waals surface area contributed by atoms with Crippen LogP contribution in [0, 0.1) is 0 Å². The second-order valence-electron chi connectivity index (χ2n) is 6.32. The molecule has 0 saturated carbocycles. The fourth-order valence-corrected chi connectivity index (χ4v) is 3.41. The number of amides is 1. The van der Waals surface area contributed by atoms with E-state index in [1.54, 1.807) is 32.4 Å². The highest BCUT2D eigenvalue weighted by atomic mass is 16.5. The number of aryl methyl sites for hydroxylation is 1. The first-order valence-electron chi connectivity index (χ1n) is 8.41. The number of hydrogen-bond acceptors (Lipinski definition) is 4. The lowest BCUT2D eigenvalue weighted by Crippen LogP contribution is -2.32. The molecular weight excluding hydrogens is 316 g/mol. The Morgan fingerprint density at radius 3 is 2.52 bits per heavy atom. The molecule has 0 saturated heterocycles. The molecule has 1 unspecified atom stereocenters. The maximum absolute atomic E-state index is 12.5. The van der Waals surface area contributed by atoms with Crippen LogP contribution in [0.4, 0.5) is 5.69 Å². The molecule has 0 bridgehead atoms. The molecule has 25 heavy (non-hydrogen) atoms. The van der Waals surface area contributed by atoms with Gasteiger partial charge in [-0.3, -0.25) is 9.69 Å². The Bertz CT molecular complexity index is 738. The molecule has 0 spiro atoms. The predicted octanol–water partition coefficient (Wildman–Crippen LogP) is 3.26. The van der Waals surface area contributed by atoms with Crippen LogP contribution in [0.15, 0.2) is 42.5 Å². The van der Waals surface area contributed by atoms with Gasteiger partial charge in [0.25, 0.3) is 0 Å². The summed E-state index contributed by atoms with van der Waals surface area (Å²) in [6, 6.07) is 14.1. The molecule has 1 amide bonds. The summed E-state index contributed by atoms with van der Waals surface area (Å²) in [7, 11) is 5.18. The third-order valence-electron chi connectivity index (χ3n) is 4.66. The van der Waals surface area contributed by atoms with Crippen LogP contribution in [0.25, 0.3) is 0 Å². The largest absolute Gasteiger partial charge is 0.497 e. The van der Waals surface area contributed by atoms with Gasteiger partial charge < -0.3 is 14.8 Å². The summed E-state index contributed by atoms with van der Waals surface area (Å²) in [6.07, 6.45) is 2.12. The lowest BCUT2D eigenvalue weighted by Gasteiger charge is -2.24. The van der Waals surface area contributed by atoms with Gasteiger partial charge in [0.05, 0.1) is 20.8 Å². The Balaban J connectivity index is 1.65. The van der Waals surface area contributed by atoms with Crippen LogP contribution in [0.3, 0.4) is 0 Å². The Morgan fingerprint density at radius 2 is 1.84 bits per heavy atom. The van der Waals surface area contributed by atoms with E-state index in [-0.39, 0.29) is 5.91 Å². The maximum Gasteiger partial charge on any atom is 0.238 e. The van der Waals surface area contributed by atoms with Crippen molar-refractivity contribution >= 4 is 11.6 Å². The Hall–Kier alpha value is -2.53. The zero-order valence-corrected chi connectivity index (χ0v) is 14.9. The Morgan fingerprint density at radius 1 is 1.16 bits per heavy atom. The van der Waals surface area contributed by atoms with Crippen molar-refractivity contribution in [3.8, 4) is 11.5 Å². The Kier molecular flexibility index (Phi) is 5.24. The van der Waals surface area contributed by atoms with E-state index in [1.807, 2.05) is 7.05 Å². The number of ether oxygens (including phenoxy) is 2. The van der Waals surface area contributed by atoms with Gasteiger partial charge in [0, 0.05) is 29.9 Å². The summed E-state index contributed by atoms with van der Waals surface area (Å²) in [6.45, 7) is 0.332. The number of carbonyl (C=O) groups excluding carboxylic acids is 1. The molecule has 0 radical (unpaired) electrons. The molecule has 2 aromatic rings. The number of nitrogens with zero attached hydrogens (tertiary/aromatic N) is 1. The topological polar surface area (TPSA) is 50.8 Å². The van der Waals surface area contributed by atoms with Gasteiger partial charge in [0.1, 0.15) is 11.5 Å². The summed E-state index contributed by atoms with van der Waals surface area (Å²) < 4.78 is 10.5. The number of anilines is 1. The van der Waals surface area contributed by atoms with Gasteiger partial charge in [-0.05, 0) is 31.0 Å². The minimum atomic E-state index is -0.0535. The summed E-state index contributed by atoms with van der Waals surface area (Å²) in [5.74, 6) is 1.24. The van der Waals surface area contributed by atoms with E-state index in [1.165, 1.54) is 11.1 Å². The number of hydrogen-bond donors (Lipinski definition) is 1. The summed E-state index contributed by atoms with van der Waals surface area (Å²) >= 11 is 0. The number of fused-ring (bicyclic) bond motifs is 1. The molecule has 5 nitrogen and oxygen atoms in total. The maximum atomic E-state index is 12.5. The number of nitrogens with one attached hydrogen (secondary N) is 1. The normalized spacial score (nSPS) is 15.8. The quantitative estimate of drug-likeness (QED) is 0.877. The third-order valence-corrected chi connectivity index (χ3v) is 4.66. The average molecular weight is 340 g/mol. The van der Waals surface area contributed by atoms with E-state index in [4.69, 9.17) is 9.47 Å². The molecule has 5 heteroatoms. The van der Waals surface area contributed by atoms with Gasteiger partial charge in [-0.15, -0.1) is 0 Å². The van der Waals surface area contributed by atoms with Crippen molar-refractivity contribution in [1.29, 1.82) is 0 Å². The van der Waals surface area contributed by atoms with Crippen LogP contribution in [0.2, 0.25) is 0 Å². The van der Waals surface area contributed by atoms with Crippen molar-refractivity contribution in [3.63, 3.8) is 0 Å². The zero-order valence-electron chi connectivity index (χ0n) is 14.9. The first-order chi connectivity index (χ1) is 12.1. The van der Waals surface area contributed by atoms with Crippen molar-refractivity contribution in [2.24, 2.45) is 0 Å². The molecule has 0 aliphatic heterocycles. The standard InChI is InChI=1S/C20H24N2O3/c1-22(19-9-8-14-6-4-5-7-18(14)19)13-20(23)21-15-10-16(24-2)12-17(11-15)25-3/h4-7,10-12,19H,8-9,13H2,1-3H3,(H,21,23). The molecule has 3 rings (SSSR count). The molecule has 1 aliphatic carbocycles. The Labute approximate surface area is 148 Å². The van der Waals surface area contributed by atoms with Gasteiger partial charge in [-0.2, -0.15) is 0 Å². The van der Waals surface area contributed by atoms with Crippen molar-refractivity contribution in [3.05, 3.63) is 53.6 Å². The van der Waals surface area contributed by atoms with Gasteiger partial charge in [0.15, 0.2) is 0 Å². The minimum absolute atomic E-state index is 0.0535. The van der Waals surface area contributed by atoms with E-state index < -0.39 is 0 Å². The fourth-order valence-electron chi connectivity index (χ4n) is 3.41. The second-order valence-corrected chi connectivity index (χ2v) is 6.32. The SMILES string of the molecule is COc1cc(NC(=O)CN(C)C2CCc3ccccc32)cc(OC)c1. The third kappa shape index (κ3) is 3.94. The highest BCUT2D eigenvalue weighted by Crippen LogP contribution is 2.34. The average Bonchev–Trinajstić information content (AvgIpc) is 3.05. The first-order valence-corrected chi connectivity index (χ1v) is 8.41. The van der Waals surface area contributed by atoms with E-state index in [0.717, 1.165) is 12.8 Å². The molecule has 0 aromatic heterocycles. The monoisotopic (exact) mass is 340 g/mol. The van der Waals surface area contributed by atoms with Crippen molar-refractivity contribution < 1.29 is 14.3 Å². The molecule has 0 heterocycles. The van der Waals surface area contributed by atoms with Crippen molar-refractivity contribution in [2.75, 3.05) is 33.1 Å². The first kappa shape index (κ1) is 17.3. The van der Waals surface area contributed by atoms with Crippen molar-refractivity contribution in [2.45, 2.75) is 18.9 Å². The molecule has 0 fully saturated rings. The number of methoxy groups -OCH3 is 2. The number of carbonyl (C=O) groups is 1. The van der Waals surface area contributed by atoms with Crippen LogP contribution in [0.1, 0.15) is 23.6 Å². The predicted molar refractivity (Wildman–Crippen MR) is 98.3 cm³/mol. The second kappa shape index (κ2) is 7.57. The van der Waals surface area contributed by atoms with Crippen molar-refractivity contribution in [1.82, 2.24) is 4.90 Å². The van der Waals surface area contributed by atoms with E-state index >= 15 is 0 Å². The molecular formula is C20H24N2O3. The van der Waals surface area contributed by atoms with E-state index in [2.05, 4.69) is 34.5 Å². The smallest absolute Gasteiger partial charge is 0.238 e. The van der Waals surface area contributed by atoms with Gasteiger partial charge >= 0.3 is 0 Å². The van der Waals surface area contributed by atoms with Crippen LogP contribution in [-0.2, 0) is 11.2 Å². The molecule has 2 aromatic carbocycles. The zero-order chi connectivity index (χ0) is 17.8. The lowest BCUT2D eigenvalue weighted by molar-refractivity contribution is -0.117. The fraction of sp³-hybridized carbons (Fsp3) is 0.350. The summed E-state index contributed by atoms with van der Waals surface area (Å²) in [5, 5.41) is 2.93. The van der Waals surface area contributed by atoms with Crippen LogP contribution < -0.4 is 14.8 Å². The summed E-state index contributed by atoms with van der Waals surface area (Å²) in [5.41, 5.74) is 3.39. The minimum Gasteiger partial charge on any atom is -0.497 e. The van der Waals surface area contributed by atoms with Crippen LogP contribution in [0.5, 0.6) is 11.5 Å². The summed E-state index contributed by atoms with van der Waals surface area (Å²) in [4.78, 5) is 14.6. The van der Waals surface area contributed by atoms with Gasteiger partial charge in [-0.1, -0.05) is 24.3 Å². The molecule has 1 aliphatic rings. The number of benzene rings is 2. The van der Waals surface area contributed by atoms with Crippen LogP contribution in [-0.4, -0.2) is 38.6 Å². The highest BCUT2D eigenvalue weighted by molar-refractivity contribution is 5.92.